The van der Waals surface area contributed by atoms with Gasteiger partial charge in [-0.1, -0.05) is 12.1 Å². The molecule has 0 radical (unpaired) electrons. The predicted octanol–water partition coefficient (Wildman–Crippen LogP) is 1.50. The molecule has 0 bridgehead atoms. The summed E-state index contributed by atoms with van der Waals surface area (Å²) >= 11 is 0. The van der Waals surface area contributed by atoms with Crippen molar-refractivity contribution in [3.8, 4) is 5.75 Å². The summed E-state index contributed by atoms with van der Waals surface area (Å²) in [6.45, 7) is 0.356. The molecule has 1 amide bonds. The van der Waals surface area contributed by atoms with Crippen LogP contribution in [-0.2, 0) is 19.6 Å². The van der Waals surface area contributed by atoms with Crippen LogP contribution in [0.2, 0.25) is 0 Å². The van der Waals surface area contributed by atoms with Crippen molar-refractivity contribution in [3.05, 3.63) is 48.0 Å². The number of ether oxygens (including phenoxy) is 1. The number of rotatable bonds is 6. The van der Waals surface area contributed by atoms with E-state index >= 15 is 0 Å². The second kappa shape index (κ2) is 7.31. The van der Waals surface area contributed by atoms with Gasteiger partial charge in [-0.05, 0) is 37.3 Å². The molecule has 0 spiro atoms. The molecule has 0 unspecified atom stereocenters. The molecule has 28 heavy (non-hydrogen) atoms. The van der Waals surface area contributed by atoms with E-state index in [9.17, 15) is 22.8 Å². The molecule has 1 heterocycles. The van der Waals surface area contributed by atoms with Crippen molar-refractivity contribution in [2.24, 2.45) is 0 Å². The lowest BCUT2D eigenvalue weighted by Gasteiger charge is -2.28. The van der Waals surface area contributed by atoms with Crippen molar-refractivity contribution in [1.82, 2.24) is 0 Å². The Morgan fingerprint density at radius 2 is 1.93 bits per heavy atom. The molecule has 0 saturated heterocycles. The molecular weight excluding hydrogens is 388 g/mol. The van der Waals surface area contributed by atoms with Crippen LogP contribution in [0.4, 0.5) is 11.4 Å². The maximum atomic E-state index is 12.8. The first-order valence-corrected chi connectivity index (χ1v) is 9.59. The highest BCUT2D eigenvalue weighted by Crippen LogP contribution is 2.34. The van der Waals surface area contributed by atoms with Crippen molar-refractivity contribution >= 4 is 39.1 Å². The molecule has 0 aromatic heterocycles. The Bertz CT molecular complexity index is 1080. The standard InChI is InChI=1S/C18H16N2O7S/c1-11(21)13-4-2-3-5-14(13)19-28(25,26)12-6-7-16-15(8-12)20(9-18(23)24)17(22)10-27-16/h2-8,19H,9-10H2,1H3,(H,23,24). The summed E-state index contributed by atoms with van der Waals surface area (Å²) in [6.07, 6.45) is 0. The molecule has 0 atom stereocenters. The molecule has 2 N–H and O–H groups in total. The number of hydrogen-bond acceptors (Lipinski definition) is 6. The molecule has 0 aliphatic carbocycles. The fourth-order valence-electron chi connectivity index (χ4n) is 2.74. The average Bonchev–Trinajstić information content (AvgIpc) is 2.63. The zero-order chi connectivity index (χ0) is 20.5. The van der Waals surface area contributed by atoms with Crippen LogP contribution in [0.25, 0.3) is 0 Å². The smallest absolute Gasteiger partial charge is 0.323 e. The van der Waals surface area contributed by atoms with Gasteiger partial charge < -0.3 is 9.84 Å². The van der Waals surface area contributed by atoms with Crippen molar-refractivity contribution in [1.29, 1.82) is 0 Å². The fraction of sp³-hybridized carbons (Fsp3) is 0.167. The van der Waals surface area contributed by atoms with Gasteiger partial charge in [-0.25, -0.2) is 8.42 Å². The summed E-state index contributed by atoms with van der Waals surface area (Å²) in [5.41, 5.74) is 0.360. The number of amides is 1. The summed E-state index contributed by atoms with van der Waals surface area (Å²) in [7, 11) is -4.12. The van der Waals surface area contributed by atoms with Crippen LogP contribution in [-0.4, -0.2) is 44.3 Å². The number of carbonyl (C=O) groups excluding carboxylic acids is 2. The van der Waals surface area contributed by atoms with Crippen LogP contribution in [0.1, 0.15) is 17.3 Å². The third kappa shape index (κ3) is 3.81. The second-order valence-corrected chi connectivity index (χ2v) is 7.68. The van der Waals surface area contributed by atoms with E-state index in [1.54, 1.807) is 12.1 Å². The Morgan fingerprint density at radius 1 is 1.21 bits per heavy atom. The van der Waals surface area contributed by atoms with Crippen LogP contribution >= 0.6 is 0 Å². The number of carboxylic acids is 1. The summed E-state index contributed by atoms with van der Waals surface area (Å²) in [6, 6.07) is 9.92. The highest BCUT2D eigenvalue weighted by molar-refractivity contribution is 7.92. The number of Topliss-reactive ketones (excluding diaryl/α,β-unsaturated/α-hetero) is 1. The zero-order valence-electron chi connectivity index (χ0n) is 14.7. The third-order valence-electron chi connectivity index (χ3n) is 4.03. The minimum absolute atomic E-state index is 0.0429. The van der Waals surface area contributed by atoms with Crippen LogP contribution in [0.5, 0.6) is 5.75 Å². The molecule has 146 valence electrons. The van der Waals surface area contributed by atoms with E-state index in [-0.39, 0.29) is 40.0 Å². The van der Waals surface area contributed by atoms with Gasteiger partial charge in [-0.3, -0.25) is 24.0 Å². The van der Waals surface area contributed by atoms with Gasteiger partial charge in [0, 0.05) is 5.56 Å². The summed E-state index contributed by atoms with van der Waals surface area (Å²) in [4.78, 5) is 35.5. The minimum Gasteiger partial charge on any atom is -0.482 e. The zero-order valence-corrected chi connectivity index (χ0v) is 15.5. The summed E-state index contributed by atoms with van der Waals surface area (Å²) in [5.74, 6) is -1.96. The molecule has 10 heteroatoms. The molecule has 3 rings (SSSR count). The predicted molar refractivity (Wildman–Crippen MR) is 99.2 cm³/mol. The summed E-state index contributed by atoms with van der Waals surface area (Å²) in [5, 5.41) is 9.02. The van der Waals surface area contributed by atoms with E-state index in [2.05, 4.69) is 4.72 Å². The number of fused-ring (bicyclic) bond motifs is 1. The average molecular weight is 404 g/mol. The van der Waals surface area contributed by atoms with Crippen molar-refractivity contribution in [2.75, 3.05) is 22.8 Å². The van der Waals surface area contributed by atoms with Crippen LogP contribution in [0.3, 0.4) is 0 Å². The lowest BCUT2D eigenvalue weighted by Crippen LogP contribution is -2.42. The van der Waals surface area contributed by atoms with Crippen molar-refractivity contribution < 1.29 is 32.6 Å². The highest BCUT2D eigenvalue weighted by Gasteiger charge is 2.29. The molecule has 2 aromatic carbocycles. The Hall–Kier alpha value is -3.40. The lowest BCUT2D eigenvalue weighted by atomic mass is 10.1. The minimum atomic E-state index is -4.12. The van der Waals surface area contributed by atoms with Gasteiger partial charge in [-0.2, -0.15) is 0 Å². The van der Waals surface area contributed by atoms with E-state index < -0.39 is 28.4 Å². The Labute approximate surface area is 160 Å². The SMILES string of the molecule is CC(=O)c1ccccc1NS(=O)(=O)c1ccc2c(c1)N(CC(=O)O)C(=O)CO2. The number of sulfonamides is 1. The number of hydrogen-bond donors (Lipinski definition) is 2. The Balaban J connectivity index is 2.00. The maximum absolute atomic E-state index is 12.8. The van der Waals surface area contributed by atoms with Gasteiger partial charge in [0.25, 0.3) is 15.9 Å². The van der Waals surface area contributed by atoms with E-state index in [4.69, 9.17) is 9.84 Å². The molecule has 1 aliphatic heterocycles. The first kappa shape index (κ1) is 19.4. The number of aliphatic carboxylic acids is 1. The number of carbonyl (C=O) groups is 3. The van der Waals surface area contributed by atoms with E-state index in [0.29, 0.717) is 0 Å². The molecule has 9 nitrogen and oxygen atoms in total. The Morgan fingerprint density at radius 3 is 2.61 bits per heavy atom. The molecule has 2 aromatic rings. The van der Waals surface area contributed by atoms with Crippen LogP contribution < -0.4 is 14.4 Å². The number of nitrogens with zero attached hydrogens (tertiary/aromatic N) is 1. The second-order valence-electron chi connectivity index (χ2n) is 6.00. The molecule has 0 saturated carbocycles. The normalized spacial score (nSPS) is 13.5. The van der Waals surface area contributed by atoms with Gasteiger partial charge in [0.1, 0.15) is 12.3 Å². The van der Waals surface area contributed by atoms with Crippen molar-refractivity contribution in [3.63, 3.8) is 0 Å². The molecular formula is C18H16N2O7S. The fourth-order valence-corrected chi connectivity index (χ4v) is 3.84. The third-order valence-corrected chi connectivity index (χ3v) is 5.39. The lowest BCUT2D eigenvalue weighted by molar-refractivity contribution is -0.137. The van der Waals surface area contributed by atoms with Crippen LogP contribution in [0, 0.1) is 0 Å². The first-order valence-electron chi connectivity index (χ1n) is 8.11. The topological polar surface area (TPSA) is 130 Å². The van der Waals surface area contributed by atoms with Gasteiger partial charge >= 0.3 is 5.97 Å². The number of ketones is 1. The largest absolute Gasteiger partial charge is 0.482 e. The van der Waals surface area contributed by atoms with Gasteiger partial charge in [0.15, 0.2) is 12.4 Å². The number of para-hydroxylation sites is 1. The number of benzene rings is 2. The maximum Gasteiger partial charge on any atom is 0.323 e. The van der Waals surface area contributed by atoms with Crippen molar-refractivity contribution in [2.45, 2.75) is 11.8 Å². The highest BCUT2D eigenvalue weighted by atomic mass is 32.2. The Kier molecular flexibility index (Phi) is 5.06. The first-order chi connectivity index (χ1) is 13.2. The van der Waals surface area contributed by atoms with Gasteiger partial charge in [-0.15, -0.1) is 0 Å². The van der Waals surface area contributed by atoms with Crippen LogP contribution in [0.15, 0.2) is 47.4 Å². The van der Waals surface area contributed by atoms with Gasteiger partial charge in [0.05, 0.1) is 16.3 Å². The van der Waals surface area contributed by atoms with E-state index in [1.807, 2.05) is 0 Å². The van der Waals surface area contributed by atoms with E-state index in [0.717, 1.165) is 11.0 Å². The summed E-state index contributed by atoms with van der Waals surface area (Å²) < 4.78 is 33.2. The number of nitrogens with one attached hydrogen (secondary N) is 1. The molecule has 0 fully saturated rings. The quantitative estimate of drug-likeness (QED) is 0.698. The number of carboxylic acid groups (broad SMARTS) is 1. The van der Waals surface area contributed by atoms with E-state index in [1.165, 1.54) is 31.2 Å². The monoisotopic (exact) mass is 404 g/mol. The molecule has 1 aliphatic rings. The van der Waals surface area contributed by atoms with Gasteiger partial charge in [0.2, 0.25) is 0 Å². The number of anilines is 2.